The van der Waals surface area contributed by atoms with Crippen LogP contribution in [0.2, 0.25) is 0 Å². The number of nitrogens with zero attached hydrogens (tertiary/aromatic N) is 2. The number of carbonyl (C=O) groups is 1. The largest absolute Gasteiger partial charge is 0.355 e. The predicted molar refractivity (Wildman–Crippen MR) is 89.1 cm³/mol. The van der Waals surface area contributed by atoms with Crippen LogP contribution < -0.4 is 5.32 Å². The Kier molecular flexibility index (Phi) is 5.19. The van der Waals surface area contributed by atoms with Crippen LogP contribution >= 0.6 is 11.3 Å². The molecule has 0 radical (unpaired) electrons. The van der Waals surface area contributed by atoms with Crippen LogP contribution in [0, 0.1) is 0 Å². The van der Waals surface area contributed by atoms with Gasteiger partial charge in [-0.1, -0.05) is 30.3 Å². The van der Waals surface area contributed by atoms with Gasteiger partial charge < -0.3 is 5.32 Å². The molecule has 1 aliphatic rings. The molecule has 2 heterocycles. The van der Waals surface area contributed by atoms with Crippen LogP contribution in [0.3, 0.4) is 0 Å². The Morgan fingerprint density at radius 1 is 1.36 bits per heavy atom. The van der Waals surface area contributed by atoms with Crippen molar-refractivity contribution in [2.24, 2.45) is 0 Å². The number of carbonyl (C=O) groups excluding carboxylic acids is 1. The third-order valence-corrected chi connectivity index (χ3v) is 4.89. The van der Waals surface area contributed by atoms with Crippen molar-refractivity contribution < 1.29 is 4.79 Å². The first-order chi connectivity index (χ1) is 10.8. The molecule has 1 fully saturated rings. The number of thiazole rings is 1. The summed E-state index contributed by atoms with van der Waals surface area (Å²) in [5.74, 6) is 0.676. The molecule has 0 unspecified atom stereocenters. The number of aromatic nitrogens is 1. The molecule has 1 aromatic heterocycles. The van der Waals surface area contributed by atoms with Gasteiger partial charge in [-0.25, -0.2) is 4.98 Å². The van der Waals surface area contributed by atoms with Crippen LogP contribution in [0.5, 0.6) is 0 Å². The van der Waals surface area contributed by atoms with Crippen molar-refractivity contribution in [3.63, 3.8) is 0 Å². The summed E-state index contributed by atoms with van der Waals surface area (Å²) in [7, 11) is 0. The van der Waals surface area contributed by atoms with Gasteiger partial charge in [0.15, 0.2) is 0 Å². The second-order valence-electron chi connectivity index (χ2n) is 5.66. The van der Waals surface area contributed by atoms with Gasteiger partial charge in [-0.05, 0) is 24.4 Å². The summed E-state index contributed by atoms with van der Waals surface area (Å²) in [6, 6.07) is 10.6. The molecular weight excluding hydrogens is 294 g/mol. The number of hydrogen-bond acceptors (Lipinski definition) is 4. The van der Waals surface area contributed by atoms with Crippen LogP contribution in [-0.4, -0.2) is 42.0 Å². The maximum Gasteiger partial charge on any atom is 0.234 e. The first-order valence-electron chi connectivity index (χ1n) is 7.73. The quantitative estimate of drug-likeness (QED) is 0.889. The minimum Gasteiger partial charge on any atom is -0.355 e. The van der Waals surface area contributed by atoms with Crippen LogP contribution in [0.1, 0.15) is 22.9 Å². The summed E-state index contributed by atoms with van der Waals surface area (Å²) >= 11 is 1.63. The third-order valence-electron chi connectivity index (χ3n) is 4.06. The Hall–Kier alpha value is -1.72. The molecule has 1 atom stereocenters. The highest BCUT2D eigenvalue weighted by Crippen LogP contribution is 2.26. The van der Waals surface area contributed by atoms with Crippen LogP contribution in [0.25, 0.3) is 0 Å². The van der Waals surface area contributed by atoms with Crippen molar-refractivity contribution in [2.75, 3.05) is 26.2 Å². The van der Waals surface area contributed by atoms with Gasteiger partial charge >= 0.3 is 0 Å². The number of nitrogens with one attached hydrogen (secondary N) is 1. The molecule has 0 aliphatic carbocycles. The van der Waals surface area contributed by atoms with Crippen molar-refractivity contribution in [1.82, 2.24) is 15.2 Å². The maximum absolute atomic E-state index is 12.0. The van der Waals surface area contributed by atoms with Crippen molar-refractivity contribution in [1.29, 1.82) is 0 Å². The van der Waals surface area contributed by atoms with E-state index in [1.807, 2.05) is 11.4 Å². The fourth-order valence-corrected chi connectivity index (χ4v) is 3.54. The van der Waals surface area contributed by atoms with E-state index in [9.17, 15) is 4.79 Å². The zero-order chi connectivity index (χ0) is 15.2. The maximum atomic E-state index is 12.0. The molecule has 3 rings (SSSR count). The van der Waals surface area contributed by atoms with Crippen LogP contribution in [-0.2, 0) is 11.2 Å². The summed E-state index contributed by atoms with van der Waals surface area (Å²) in [6.07, 6.45) is 3.75. The molecule has 0 spiro atoms. The lowest BCUT2D eigenvalue weighted by Crippen LogP contribution is -2.36. The summed E-state index contributed by atoms with van der Waals surface area (Å²) < 4.78 is 0. The molecule has 22 heavy (non-hydrogen) atoms. The van der Waals surface area contributed by atoms with Gasteiger partial charge in [0, 0.05) is 31.1 Å². The highest BCUT2D eigenvalue weighted by Gasteiger charge is 2.24. The first kappa shape index (κ1) is 15.2. The number of hydrogen-bond donors (Lipinski definition) is 1. The number of amides is 1. The van der Waals surface area contributed by atoms with Crippen molar-refractivity contribution in [3.8, 4) is 0 Å². The lowest BCUT2D eigenvalue weighted by molar-refractivity contribution is -0.121. The van der Waals surface area contributed by atoms with E-state index in [0.29, 0.717) is 19.0 Å². The van der Waals surface area contributed by atoms with E-state index >= 15 is 0 Å². The Morgan fingerprint density at radius 3 is 3.00 bits per heavy atom. The Balaban J connectivity index is 1.39. The van der Waals surface area contributed by atoms with Gasteiger partial charge in [-0.3, -0.25) is 9.69 Å². The lowest BCUT2D eigenvalue weighted by atomic mass is 9.99. The Bertz CT molecular complexity index is 585. The van der Waals surface area contributed by atoms with E-state index in [-0.39, 0.29) is 5.91 Å². The van der Waals surface area contributed by atoms with E-state index in [1.54, 1.807) is 17.5 Å². The molecule has 1 saturated heterocycles. The standard InChI is InChI=1S/C17H21N3OS/c21-16(18-8-6-17-19-9-11-22-17)13-20-10-7-15(12-20)14-4-2-1-3-5-14/h1-5,9,11,15H,6-8,10,12-13H2,(H,18,21)/t15-/m1/s1. The average Bonchev–Trinajstić information content (AvgIpc) is 3.20. The molecule has 1 aromatic carbocycles. The van der Waals surface area contributed by atoms with E-state index in [1.165, 1.54) is 5.56 Å². The molecule has 2 aromatic rings. The van der Waals surface area contributed by atoms with Gasteiger partial charge in [-0.2, -0.15) is 0 Å². The van der Waals surface area contributed by atoms with E-state index in [4.69, 9.17) is 0 Å². The SMILES string of the molecule is O=C(CN1CC[C@@H](c2ccccc2)C1)NCCc1nccs1. The molecule has 1 aliphatic heterocycles. The molecule has 4 nitrogen and oxygen atoms in total. The van der Waals surface area contributed by atoms with Gasteiger partial charge in [-0.15, -0.1) is 11.3 Å². The second-order valence-corrected chi connectivity index (χ2v) is 6.64. The van der Waals surface area contributed by atoms with E-state index in [0.717, 1.165) is 30.9 Å². The molecule has 1 amide bonds. The van der Waals surface area contributed by atoms with Crippen LogP contribution in [0.15, 0.2) is 41.9 Å². The molecule has 0 bridgehead atoms. The minimum atomic E-state index is 0.116. The van der Waals surface area contributed by atoms with E-state index < -0.39 is 0 Å². The van der Waals surface area contributed by atoms with Crippen LogP contribution in [0.4, 0.5) is 0 Å². The Labute approximate surface area is 135 Å². The number of likely N-dealkylation sites (tertiary alicyclic amines) is 1. The first-order valence-corrected chi connectivity index (χ1v) is 8.61. The highest BCUT2D eigenvalue weighted by atomic mass is 32.1. The second kappa shape index (κ2) is 7.51. The number of benzene rings is 1. The predicted octanol–water partition coefficient (Wildman–Crippen LogP) is 2.29. The summed E-state index contributed by atoms with van der Waals surface area (Å²) in [5.41, 5.74) is 1.38. The van der Waals surface area contributed by atoms with Crippen molar-refractivity contribution in [3.05, 3.63) is 52.5 Å². The minimum absolute atomic E-state index is 0.116. The topological polar surface area (TPSA) is 45.2 Å². The monoisotopic (exact) mass is 315 g/mol. The normalized spacial score (nSPS) is 18.5. The van der Waals surface area contributed by atoms with E-state index in [2.05, 4.69) is 39.5 Å². The summed E-state index contributed by atoms with van der Waals surface area (Å²) in [6.45, 7) is 3.15. The molecule has 0 saturated carbocycles. The highest BCUT2D eigenvalue weighted by molar-refractivity contribution is 7.09. The summed E-state index contributed by atoms with van der Waals surface area (Å²) in [4.78, 5) is 18.5. The van der Waals surface area contributed by atoms with Gasteiger partial charge in [0.25, 0.3) is 0 Å². The molecule has 1 N–H and O–H groups in total. The molecule has 116 valence electrons. The zero-order valence-corrected chi connectivity index (χ0v) is 13.4. The zero-order valence-electron chi connectivity index (χ0n) is 12.6. The molecule has 5 heteroatoms. The smallest absolute Gasteiger partial charge is 0.234 e. The van der Waals surface area contributed by atoms with Crippen molar-refractivity contribution in [2.45, 2.75) is 18.8 Å². The lowest BCUT2D eigenvalue weighted by Gasteiger charge is -2.15. The van der Waals surface area contributed by atoms with Crippen molar-refractivity contribution >= 4 is 17.2 Å². The average molecular weight is 315 g/mol. The number of rotatable bonds is 6. The van der Waals surface area contributed by atoms with Gasteiger partial charge in [0.1, 0.15) is 0 Å². The molecular formula is C17H21N3OS. The van der Waals surface area contributed by atoms with Gasteiger partial charge in [0.05, 0.1) is 11.6 Å². The fourth-order valence-electron chi connectivity index (χ4n) is 2.92. The fraction of sp³-hybridized carbons (Fsp3) is 0.412. The summed E-state index contributed by atoms with van der Waals surface area (Å²) in [5, 5.41) is 6.03. The Morgan fingerprint density at radius 2 is 2.23 bits per heavy atom. The van der Waals surface area contributed by atoms with Gasteiger partial charge in [0.2, 0.25) is 5.91 Å². The third kappa shape index (κ3) is 4.15.